The van der Waals surface area contributed by atoms with Crippen LogP contribution >= 0.6 is 0 Å². The number of rotatable bonds is 7. The number of primary amides is 1. The monoisotopic (exact) mass is 287 g/mol. The number of aliphatic hydroxyl groups is 1. The standard InChI is InChI=1S/C12H21N3O5/c13-10(17)7-9(11(18)19)14-12(20)15(5-6-16)8-3-1-2-4-8/h8-9,16H,1-7H2,(H2,13,17)(H,14,20)(H,18,19). The van der Waals surface area contributed by atoms with Crippen molar-refractivity contribution in [3.05, 3.63) is 0 Å². The molecule has 0 spiro atoms. The van der Waals surface area contributed by atoms with Crippen molar-refractivity contribution in [2.75, 3.05) is 13.2 Å². The highest BCUT2D eigenvalue weighted by Gasteiger charge is 2.29. The quantitative estimate of drug-likeness (QED) is 0.489. The van der Waals surface area contributed by atoms with E-state index in [1.165, 1.54) is 4.90 Å². The van der Waals surface area contributed by atoms with Crippen LogP contribution < -0.4 is 11.1 Å². The number of carboxylic acid groups (broad SMARTS) is 1. The van der Waals surface area contributed by atoms with Gasteiger partial charge < -0.3 is 26.2 Å². The summed E-state index contributed by atoms with van der Waals surface area (Å²) in [6.45, 7) is -0.0586. The summed E-state index contributed by atoms with van der Waals surface area (Å²) in [6, 6.07) is -1.92. The van der Waals surface area contributed by atoms with E-state index in [1.807, 2.05) is 0 Å². The van der Waals surface area contributed by atoms with E-state index in [0.717, 1.165) is 25.7 Å². The SMILES string of the molecule is NC(=O)CC(NC(=O)N(CCO)C1CCCC1)C(=O)O. The Kier molecular flexibility index (Phi) is 6.23. The van der Waals surface area contributed by atoms with E-state index in [9.17, 15) is 14.4 Å². The third-order valence-corrected chi connectivity index (χ3v) is 3.37. The van der Waals surface area contributed by atoms with Crippen LogP contribution in [0.4, 0.5) is 4.79 Å². The minimum atomic E-state index is -1.34. The van der Waals surface area contributed by atoms with Gasteiger partial charge in [0, 0.05) is 12.6 Å². The number of carboxylic acids is 1. The first-order valence-corrected chi connectivity index (χ1v) is 6.64. The number of aliphatic carboxylic acids is 1. The van der Waals surface area contributed by atoms with Crippen molar-refractivity contribution in [1.29, 1.82) is 0 Å². The Morgan fingerprint density at radius 3 is 2.35 bits per heavy atom. The summed E-state index contributed by atoms with van der Waals surface area (Å²) in [7, 11) is 0. The fourth-order valence-corrected chi connectivity index (χ4v) is 2.41. The van der Waals surface area contributed by atoms with Gasteiger partial charge in [-0.3, -0.25) is 4.79 Å². The Labute approximate surface area is 116 Å². The molecule has 20 heavy (non-hydrogen) atoms. The van der Waals surface area contributed by atoms with Crippen LogP contribution in [0.15, 0.2) is 0 Å². The molecule has 0 saturated heterocycles. The summed E-state index contributed by atoms with van der Waals surface area (Å²) in [4.78, 5) is 35.3. The molecule has 1 fully saturated rings. The number of carbonyl (C=O) groups excluding carboxylic acids is 2. The molecular weight excluding hydrogens is 266 g/mol. The van der Waals surface area contributed by atoms with Crippen LogP contribution in [0, 0.1) is 0 Å². The van der Waals surface area contributed by atoms with Crippen LogP contribution in [0.2, 0.25) is 0 Å². The smallest absolute Gasteiger partial charge is 0.326 e. The maximum Gasteiger partial charge on any atom is 0.326 e. The van der Waals surface area contributed by atoms with Crippen molar-refractivity contribution in [3.8, 4) is 0 Å². The number of nitrogens with two attached hydrogens (primary N) is 1. The molecule has 0 aromatic carbocycles. The number of nitrogens with one attached hydrogen (secondary N) is 1. The van der Waals surface area contributed by atoms with Gasteiger partial charge in [0.15, 0.2) is 0 Å². The number of amides is 3. The van der Waals surface area contributed by atoms with Crippen molar-refractivity contribution in [2.24, 2.45) is 5.73 Å². The Hall–Kier alpha value is -1.83. The van der Waals surface area contributed by atoms with Crippen molar-refractivity contribution in [2.45, 2.75) is 44.2 Å². The molecule has 0 aromatic rings. The Morgan fingerprint density at radius 1 is 1.30 bits per heavy atom. The summed E-state index contributed by atoms with van der Waals surface area (Å²) < 4.78 is 0. The second kappa shape index (κ2) is 7.68. The molecule has 5 N–H and O–H groups in total. The highest BCUT2D eigenvalue weighted by molar-refractivity contribution is 5.87. The normalized spacial score (nSPS) is 16.6. The maximum absolute atomic E-state index is 12.1. The molecular formula is C12H21N3O5. The zero-order chi connectivity index (χ0) is 15.1. The summed E-state index contributed by atoms with van der Waals surface area (Å²) in [5.41, 5.74) is 4.96. The van der Waals surface area contributed by atoms with Gasteiger partial charge in [-0.1, -0.05) is 12.8 Å². The molecule has 8 heteroatoms. The molecule has 0 heterocycles. The van der Waals surface area contributed by atoms with Gasteiger partial charge in [-0.2, -0.15) is 0 Å². The number of aliphatic hydroxyl groups excluding tert-OH is 1. The first-order chi connectivity index (χ1) is 9.45. The predicted octanol–water partition coefficient (Wildman–Crippen LogP) is -0.738. The molecule has 1 aliphatic rings. The van der Waals surface area contributed by atoms with E-state index in [4.69, 9.17) is 15.9 Å². The fraction of sp³-hybridized carbons (Fsp3) is 0.750. The fourth-order valence-electron chi connectivity index (χ4n) is 2.41. The van der Waals surface area contributed by atoms with Gasteiger partial charge in [0.2, 0.25) is 5.91 Å². The predicted molar refractivity (Wildman–Crippen MR) is 69.8 cm³/mol. The third-order valence-electron chi connectivity index (χ3n) is 3.37. The molecule has 1 saturated carbocycles. The van der Waals surface area contributed by atoms with Crippen LogP contribution in [-0.4, -0.2) is 58.3 Å². The first kappa shape index (κ1) is 16.2. The van der Waals surface area contributed by atoms with E-state index >= 15 is 0 Å². The first-order valence-electron chi connectivity index (χ1n) is 6.64. The van der Waals surface area contributed by atoms with Crippen molar-refractivity contribution >= 4 is 17.9 Å². The summed E-state index contributed by atoms with van der Waals surface area (Å²) >= 11 is 0. The van der Waals surface area contributed by atoms with Crippen LogP contribution in [0.25, 0.3) is 0 Å². The van der Waals surface area contributed by atoms with Crippen molar-refractivity contribution in [3.63, 3.8) is 0 Å². The number of hydrogen-bond donors (Lipinski definition) is 4. The van der Waals surface area contributed by atoms with Crippen molar-refractivity contribution < 1.29 is 24.6 Å². The maximum atomic E-state index is 12.1. The molecule has 0 aliphatic heterocycles. The summed E-state index contributed by atoms with van der Waals surface area (Å²) in [5, 5.41) is 20.3. The lowest BCUT2D eigenvalue weighted by Crippen LogP contribution is -2.52. The second-order valence-electron chi connectivity index (χ2n) is 4.87. The Bertz CT molecular complexity index is 368. The lowest BCUT2D eigenvalue weighted by Gasteiger charge is -2.29. The van der Waals surface area contributed by atoms with Crippen LogP contribution in [0.5, 0.6) is 0 Å². The second-order valence-corrected chi connectivity index (χ2v) is 4.87. The summed E-state index contributed by atoms with van der Waals surface area (Å²) in [5.74, 6) is -2.11. The molecule has 0 aromatic heterocycles. The van der Waals surface area contributed by atoms with Gasteiger partial charge in [0.25, 0.3) is 0 Å². The van der Waals surface area contributed by atoms with Crippen LogP contribution in [-0.2, 0) is 9.59 Å². The number of hydrogen-bond acceptors (Lipinski definition) is 4. The molecule has 8 nitrogen and oxygen atoms in total. The molecule has 1 atom stereocenters. The topological polar surface area (TPSA) is 133 Å². The average Bonchev–Trinajstić information content (AvgIpc) is 2.87. The van der Waals surface area contributed by atoms with Crippen molar-refractivity contribution in [1.82, 2.24) is 10.2 Å². The van der Waals surface area contributed by atoms with E-state index in [0.29, 0.717) is 0 Å². The average molecular weight is 287 g/mol. The third kappa shape index (κ3) is 4.69. The lowest BCUT2D eigenvalue weighted by molar-refractivity contribution is -0.141. The molecule has 114 valence electrons. The molecule has 1 unspecified atom stereocenters. The Balaban J connectivity index is 2.67. The molecule has 0 bridgehead atoms. The lowest BCUT2D eigenvalue weighted by atomic mass is 10.2. The van der Waals surface area contributed by atoms with E-state index in [2.05, 4.69) is 5.32 Å². The zero-order valence-electron chi connectivity index (χ0n) is 11.2. The molecule has 1 aliphatic carbocycles. The number of urea groups is 1. The van der Waals surface area contributed by atoms with Gasteiger partial charge in [-0.25, -0.2) is 9.59 Å². The van der Waals surface area contributed by atoms with E-state index in [-0.39, 0.29) is 19.2 Å². The number of nitrogens with zero attached hydrogens (tertiary/aromatic N) is 1. The minimum absolute atomic E-state index is 0.00479. The molecule has 0 radical (unpaired) electrons. The molecule has 1 rings (SSSR count). The van der Waals surface area contributed by atoms with Gasteiger partial charge in [-0.05, 0) is 12.8 Å². The highest BCUT2D eigenvalue weighted by atomic mass is 16.4. The molecule has 3 amide bonds. The highest BCUT2D eigenvalue weighted by Crippen LogP contribution is 2.23. The van der Waals surface area contributed by atoms with Gasteiger partial charge >= 0.3 is 12.0 Å². The largest absolute Gasteiger partial charge is 0.480 e. The van der Waals surface area contributed by atoms with E-state index < -0.39 is 30.4 Å². The van der Waals surface area contributed by atoms with Gasteiger partial charge in [0.1, 0.15) is 6.04 Å². The zero-order valence-corrected chi connectivity index (χ0v) is 11.2. The minimum Gasteiger partial charge on any atom is -0.480 e. The number of carbonyl (C=O) groups is 3. The van der Waals surface area contributed by atoms with E-state index in [1.54, 1.807) is 0 Å². The summed E-state index contributed by atoms with van der Waals surface area (Å²) in [6.07, 6.45) is 3.22. The van der Waals surface area contributed by atoms with Crippen LogP contribution in [0.3, 0.4) is 0 Å². The van der Waals surface area contributed by atoms with Gasteiger partial charge in [-0.15, -0.1) is 0 Å². The van der Waals surface area contributed by atoms with Gasteiger partial charge in [0.05, 0.1) is 13.0 Å². The Morgan fingerprint density at radius 2 is 1.90 bits per heavy atom. The van der Waals surface area contributed by atoms with Crippen LogP contribution in [0.1, 0.15) is 32.1 Å².